The zero-order chi connectivity index (χ0) is 23.0. The lowest BCUT2D eigenvalue weighted by Gasteiger charge is -2.12. The van der Waals surface area contributed by atoms with Gasteiger partial charge in [0.25, 0.3) is 0 Å². The molecule has 10 heteroatoms. The van der Waals surface area contributed by atoms with Gasteiger partial charge in [-0.2, -0.15) is 13.2 Å². The lowest BCUT2D eigenvalue weighted by Crippen LogP contribution is -2.27. The third-order valence-corrected chi connectivity index (χ3v) is 5.97. The number of halogens is 5. The molecule has 1 aliphatic carbocycles. The third-order valence-electron chi connectivity index (χ3n) is 5.27. The van der Waals surface area contributed by atoms with Gasteiger partial charge in [-0.15, -0.1) is 5.10 Å². The predicted octanol–water partition coefficient (Wildman–Crippen LogP) is 5.57. The van der Waals surface area contributed by atoms with Crippen LogP contribution in [-0.4, -0.2) is 20.1 Å². The molecule has 1 saturated carbocycles. The van der Waals surface area contributed by atoms with Crippen LogP contribution in [0.3, 0.4) is 0 Å². The number of Topliss-reactive ketones (excluding diaryl/α,β-unsaturated/α-hetero) is 1. The van der Waals surface area contributed by atoms with E-state index in [4.69, 9.17) is 23.2 Å². The number of aromatic nitrogens is 3. The summed E-state index contributed by atoms with van der Waals surface area (Å²) in [4.78, 5) is 25.4. The summed E-state index contributed by atoms with van der Waals surface area (Å²) in [5.74, 6) is 0.131. The van der Waals surface area contributed by atoms with E-state index in [1.54, 1.807) is 28.8 Å². The molecular formula is C22H18Cl2F3N3O2. The van der Waals surface area contributed by atoms with Crippen LogP contribution >= 0.6 is 23.2 Å². The van der Waals surface area contributed by atoms with E-state index in [0.717, 1.165) is 23.6 Å². The summed E-state index contributed by atoms with van der Waals surface area (Å²) >= 11 is 11.8. The van der Waals surface area contributed by atoms with Crippen molar-refractivity contribution in [3.8, 4) is 11.4 Å². The highest BCUT2D eigenvalue weighted by Gasteiger charge is 2.34. The van der Waals surface area contributed by atoms with Crippen molar-refractivity contribution in [2.45, 2.75) is 44.4 Å². The van der Waals surface area contributed by atoms with Crippen LogP contribution in [0.4, 0.5) is 13.2 Å². The molecule has 0 radical (unpaired) electrons. The summed E-state index contributed by atoms with van der Waals surface area (Å²) in [6.45, 7) is -0.268. The molecule has 1 aliphatic rings. The monoisotopic (exact) mass is 483 g/mol. The molecule has 4 rings (SSSR count). The zero-order valence-corrected chi connectivity index (χ0v) is 18.2. The molecule has 1 heterocycles. The first-order chi connectivity index (χ1) is 15.1. The number of nitrogens with zero attached hydrogens (tertiary/aromatic N) is 3. The van der Waals surface area contributed by atoms with Gasteiger partial charge in [-0.05, 0) is 55.2 Å². The molecule has 1 fully saturated rings. The number of rotatable bonds is 7. The zero-order valence-electron chi connectivity index (χ0n) is 16.7. The number of carbonyl (C=O) groups is 1. The van der Waals surface area contributed by atoms with Crippen LogP contribution in [0.25, 0.3) is 11.4 Å². The molecular weight excluding hydrogens is 466 g/mol. The van der Waals surface area contributed by atoms with Gasteiger partial charge in [0.05, 0.1) is 10.6 Å². The number of carbonyl (C=O) groups excluding carboxylic acids is 1. The normalized spacial score (nSPS) is 14.0. The first-order valence-electron chi connectivity index (χ1n) is 9.96. The van der Waals surface area contributed by atoms with Gasteiger partial charge in [-0.3, -0.25) is 9.36 Å². The van der Waals surface area contributed by atoms with Crippen LogP contribution in [0.1, 0.15) is 36.4 Å². The van der Waals surface area contributed by atoms with Crippen molar-refractivity contribution in [3.63, 3.8) is 0 Å². The summed E-state index contributed by atoms with van der Waals surface area (Å²) in [7, 11) is 0. The highest BCUT2D eigenvalue weighted by atomic mass is 35.5. The maximum atomic E-state index is 13.0. The quantitative estimate of drug-likeness (QED) is 0.441. The smallest absolute Gasteiger partial charge is 0.298 e. The minimum atomic E-state index is -4.57. The Balaban J connectivity index is 1.52. The first-order valence-corrected chi connectivity index (χ1v) is 10.7. The highest BCUT2D eigenvalue weighted by Crippen LogP contribution is 2.37. The van der Waals surface area contributed by atoms with Crippen molar-refractivity contribution < 1.29 is 18.0 Å². The van der Waals surface area contributed by atoms with Gasteiger partial charge < -0.3 is 0 Å². The Morgan fingerprint density at radius 3 is 2.41 bits per heavy atom. The minimum absolute atomic E-state index is 0.0315. The number of alkyl halides is 3. The lowest BCUT2D eigenvalue weighted by atomic mass is 10.0. The molecule has 1 aromatic heterocycles. The summed E-state index contributed by atoms with van der Waals surface area (Å²) < 4.78 is 41.8. The second-order valence-electron chi connectivity index (χ2n) is 7.69. The Bertz CT molecular complexity index is 1210. The summed E-state index contributed by atoms with van der Waals surface area (Å²) in [5.41, 5.74) is -0.382. The molecule has 0 unspecified atom stereocenters. The Hall–Kier alpha value is -2.58. The van der Waals surface area contributed by atoms with Gasteiger partial charge in [-0.1, -0.05) is 35.3 Å². The van der Waals surface area contributed by atoms with Crippen molar-refractivity contribution in [3.05, 3.63) is 74.1 Å². The van der Waals surface area contributed by atoms with Crippen molar-refractivity contribution in [1.82, 2.24) is 14.3 Å². The van der Waals surface area contributed by atoms with E-state index in [-0.39, 0.29) is 42.5 Å². The van der Waals surface area contributed by atoms with Crippen molar-refractivity contribution in [1.29, 1.82) is 0 Å². The lowest BCUT2D eigenvalue weighted by molar-refractivity contribution is -0.137. The Morgan fingerprint density at radius 1 is 1.09 bits per heavy atom. The van der Waals surface area contributed by atoms with Gasteiger partial charge in [0, 0.05) is 23.0 Å². The summed E-state index contributed by atoms with van der Waals surface area (Å²) in [5, 5.41) is 4.50. The van der Waals surface area contributed by atoms with Gasteiger partial charge in [0.1, 0.15) is 6.54 Å². The average molecular weight is 484 g/mol. The molecule has 0 N–H and O–H groups in total. The first kappa shape index (κ1) is 22.6. The molecule has 0 aliphatic heterocycles. The Kier molecular flexibility index (Phi) is 6.18. The SMILES string of the molecule is O=C(CCc1cccc(C(F)(F)F)c1Cl)Cn1nc(-c2ccc(Cl)cc2)n(C2CC2)c1=O. The van der Waals surface area contributed by atoms with Crippen LogP contribution in [0.5, 0.6) is 0 Å². The topological polar surface area (TPSA) is 56.9 Å². The number of hydrogen-bond acceptors (Lipinski definition) is 3. The maximum absolute atomic E-state index is 13.0. The number of aryl methyl sites for hydroxylation is 1. The molecule has 0 spiro atoms. The van der Waals surface area contributed by atoms with E-state index in [9.17, 15) is 22.8 Å². The second kappa shape index (κ2) is 8.75. The predicted molar refractivity (Wildman–Crippen MR) is 115 cm³/mol. The van der Waals surface area contributed by atoms with E-state index < -0.39 is 16.8 Å². The van der Waals surface area contributed by atoms with Gasteiger partial charge in [0.15, 0.2) is 11.6 Å². The second-order valence-corrected chi connectivity index (χ2v) is 8.50. The van der Waals surface area contributed by atoms with Crippen LogP contribution in [0, 0.1) is 0 Å². The van der Waals surface area contributed by atoms with Gasteiger partial charge in [-0.25, -0.2) is 9.48 Å². The standard InChI is InChI=1S/C22H18Cl2F3N3O2/c23-15-7-4-14(5-8-15)20-28-29(21(32)30(20)16-9-10-16)12-17(31)11-6-13-2-1-3-18(19(13)24)22(25,26)27/h1-5,7-8,16H,6,9-12H2. The summed E-state index contributed by atoms with van der Waals surface area (Å²) in [6.07, 6.45) is -2.90. The third kappa shape index (κ3) is 4.76. The van der Waals surface area contributed by atoms with Crippen molar-refractivity contribution in [2.24, 2.45) is 0 Å². The molecule has 3 aromatic rings. The number of hydrogen-bond donors (Lipinski definition) is 0. The molecule has 168 valence electrons. The van der Waals surface area contributed by atoms with Crippen LogP contribution in [0.15, 0.2) is 47.3 Å². The molecule has 0 bridgehead atoms. The van der Waals surface area contributed by atoms with Gasteiger partial charge >= 0.3 is 11.9 Å². The van der Waals surface area contributed by atoms with Crippen LogP contribution in [-0.2, 0) is 23.9 Å². The largest absolute Gasteiger partial charge is 0.417 e. The molecule has 0 amide bonds. The van der Waals surface area contributed by atoms with Crippen LogP contribution in [0.2, 0.25) is 10.0 Å². The van der Waals surface area contributed by atoms with E-state index in [1.807, 2.05) is 0 Å². The molecule has 5 nitrogen and oxygen atoms in total. The molecule has 2 aromatic carbocycles. The van der Waals surface area contributed by atoms with E-state index >= 15 is 0 Å². The maximum Gasteiger partial charge on any atom is 0.417 e. The minimum Gasteiger partial charge on any atom is -0.298 e. The fourth-order valence-corrected chi connectivity index (χ4v) is 3.95. The number of ketones is 1. The fraction of sp³-hybridized carbons (Fsp3) is 0.318. The Labute approximate surface area is 191 Å². The number of benzene rings is 2. The Morgan fingerprint density at radius 2 is 1.78 bits per heavy atom. The molecule has 0 atom stereocenters. The molecule has 0 saturated heterocycles. The fourth-order valence-electron chi connectivity index (χ4n) is 3.49. The average Bonchev–Trinajstić information content (AvgIpc) is 3.51. The van der Waals surface area contributed by atoms with Gasteiger partial charge in [0.2, 0.25) is 0 Å². The van der Waals surface area contributed by atoms with Crippen molar-refractivity contribution >= 4 is 29.0 Å². The van der Waals surface area contributed by atoms with Crippen LogP contribution < -0.4 is 5.69 Å². The van der Waals surface area contributed by atoms with E-state index in [1.165, 1.54) is 12.1 Å². The summed E-state index contributed by atoms with van der Waals surface area (Å²) in [6, 6.07) is 10.6. The van der Waals surface area contributed by atoms with Crippen molar-refractivity contribution in [2.75, 3.05) is 0 Å². The van der Waals surface area contributed by atoms with E-state index in [0.29, 0.717) is 16.4 Å². The molecule has 32 heavy (non-hydrogen) atoms. The highest BCUT2D eigenvalue weighted by molar-refractivity contribution is 6.32. The van der Waals surface area contributed by atoms with E-state index in [2.05, 4.69) is 5.10 Å².